The third kappa shape index (κ3) is 2.94. The molecule has 0 bridgehead atoms. The van der Waals surface area contributed by atoms with Crippen molar-refractivity contribution in [1.29, 1.82) is 0 Å². The fourth-order valence-corrected chi connectivity index (χ4v) is 3.19. The number of hydrogen-bond acceptors (Lipinski definition) is 2. The van der Waals surface area contributed by atoms with E-state index < -0.39 is 0 Å². The maximum absolute atomic E-state index is 4.54. The van der Waals surface area contributed by atoms with E-state index in [1.54, 1.807) is 0 Å². The molecule has 2 unspecified atom stereocenters. The molecule has 1 aromatic rings. The summed E-state index contributed by atoms with van der Waals surface area (Å²) in [7, 11) is 0. The van der Waals surface area contributed by atoms with Gasteiger partial charge in [-0.15, -0.1) is 0 Å². The van der Waals surface area contributed by atoms with Gasteiger partial charge in [0, 0.05) is 18.1 Å². The summed E-state index contributed by atoms with van der Waals surface area (Å²) in [5, 5.41) is 9.02. The van der Waals surface area contributed by atoms with Crippen molar-refractivity contribution in [3.05, 3.63) is 35.9 Å². The average molecular weight is 254 g/mol. The maximum atomic E-state index is 4.54. The zero-order chi connectivity index (χ0) is 13.1. The highest BCUT2D eigenvalue weighted by atomic mass is 15.2. The molecule has 2 nitrogen and oxygen atoms in total. The van der Waals surface area contributed by atoms with E-state index in [4.69, 9.17) is 0 Å². The second-order valence-electron chi connectivity index (χ2n) is 5.98. The van der Waals surface area contributed by atoms with E-state index in [0.717, 1.165) is 18.8 Å². The molecule has 1 saturated carbocycles. The van der Waals surface area contributed by atoms with Crippen molar-refractivity contribution in [3.8, 4) is 0 Å². The molecule has 0 aromatic heterocycles. The van der Waals surface area contributed by atoms with Crippen LogP contribution in [0.4, 0.5) is 0 Å². The molecule has 0 N–H and O–H groups in total. The highest BCUT2D eigenvalue weighted by molar-refractivity contribution is 6.05. The van der Waals surface area contributed by atoms with Crippen molar-refractivity contribution in [3.63, 3.8) is 0 Å². The van der Waals surface area contributed by atoms with Gasteiger partial charge < -0.3 is 0 Å². The van der Waals surface area contributed by atoms with Gasteiger partial charge in [0.05, 0.1) is 5.71 Å². The van der Waals surface area contributed by atoms with Gasteiger partial charge in [0.15, 0.2) is 0 Å². The third-order valence-electron chi connectivity index (χ3n) is 4.45. The topological polar surface area (TPSA) is 24.7 Å². The molecule has 19 heavy (non-hydrogen) atoms. The molecule has 1 aromatic carbocycles. The second kappa shape index (κ2) is 5.68. The first-order valence-electron chi connectivity index (χ1n) is 7.51. The van der Waals surface area contributed by atoms with Gasteiger partial charge in [-0.3, -0.25) is 0 Å². The lowest BCUT2D eigenvalue weighted by atomic mass is 9.81. The Bertz CT molecular complexity index is 487. The van der Waals surface area contributed by atoms with Crippen molar-refractivity contribution >= 4 is 11.4 Å². The molecular weight excluding hydrogens is 232 g/mol. The Morgan fingerprint density at radius 2 is 1.84 bits per heavy atom. The van der Waals surface area contributed by atoms with Crippen LogP contribution in [0.3, 0.4) is 0 Å². The van der Waals surface area contributed by atoms with Crippen molar-refractivity contribution in [2.24, 2.45) is 22.0 Å². The highest BCUT2D eigenvalue weighted by Gasteiger charge is 2.25. The third-order valence-corrected chi connectivity index (χ3v) is 4.45. The minimum Gasteiger partial charge on any atom is -0.160 e. The zero-order valence-corrected chi connectivity index (χ0v) is 11.7. The van der Waals surface area contributed by atoms with E-state index in [-0.39, 0.29) is 0 Å². The predicted octanol–water partition coefficient (Wildman–Crippen LogP) is 4.45. The predicted molar refractivity (Wildman–Crippen MR) is 80.8 cm³/mol. The molecule has 2 aliphatic rings. The Hall–Kier alpha value is -1.44. The number of benzene rings is 1. The summed E-state index contributed by atoms with van der Waals surface area (Å²) in [6, 6.07) is 10.5. The van der Waals surface area contributed by atoms with Gasteiger partial charge in [-0.05, 0) is 30.7 Å². The lowest BCUT2D eigenvalue weighted by Gasteiger charge is -2.27. The standard InChI is InChI=1S/C17H22N2/c1-13-6-5-9-16-15(11-10-13)12-17(19-18-16)14-7-3-2-4-8-14/h2-4,7-8,13,15H,5-6,9-12H2,1H3. The number of nitrogens with zero attached hydrogens (tertiary/aromatic N) is 2. The van der Waals surface area contributed by atoms with E-state index >= 15 is 0 Å². The van der Waals surface area contributed by atoms with E-state index in [1.165, 1.54) is 42.7 Å². The molecule has 2 atom stereocenters. The van der Waals surface area contributed by atoms with Crippen LogP contribution in [0.25, 0.3) is 0 Å². The number of rotatable bonds is 1. The maximum Gasteiger partial charge on any atom is 0.0709 e. The van der Waals surface area contributed by atoms with E-state index in [9.17, 15) is 0 Å². The van der Waals surface area contributed by atoms with Crippen molar-refractivity contribution in [1.82, 2.24) is 0 Å². The number of hydrogen-bond donors (Lipinski definition) is 0. The van der Waals surface area contributed by atoms with Gasteiger partial charge in [-0.25, -0.2) is 0 Å². The summed E-state index contributed by atoms with van der Waals surface area (Å²) in [5.41, 5.74) is 3.76. The Morgan fingerprint density at radius 1 is 1.00 bits per heavy atom. The Morgan fingerprint density at radius 3 is 2.68 bits per heavy atom. The minimum absolute atomic E-state index is 0.635. The molecular formula is C17H22N2. The summed E-state index contributed by atoms with van der Waals surface area (Å²) in [6.07, 6.45) is 7.49. The van der Waals surface area contributed by atoms with Crippen molar-refractivity contribution < 1.29 is 0 Å². The average Bonchev–Trinajstić information content (AvgIpc) is 2.44. The highest BCUT2D eigenvalue weighted by Crippen LogP contribution is 2.30. The normalized spacial score (nSPS) is 27.6. The van der Waals surface area contributed by atoms with Gasteiger partial charge in [0.25, 0.3) is 0 Å². The molecule has 0 spiro atoms. The SMILES string of the molecule is CC1CCCC2=NN=C(c3ccccc3)CC2CC1. The van der Waals surface area contributed by atoms with Crippen LogP contribution in [0, 0.1) is 11.8 Å². The Balaban J connectivity index is 1.80. The van der Waals surface area contributed by atoms with Crippen molar-refractivity contribution in [2.45, 2.75) is 45.4 Å². The summed E-state index contributed by atoms with van der Waals surface area (Å²) < 4.78 is 0. The largest absolute Gasteiger partial charge is 0.160 e. The molecule has 1 heterocycles. The lowest BCUT2D eigenvalue weighted by molar-refractivity contribution is 0.415. The molecule has 0 saturated heterocycles. The monoisotopic (exact) mass is 254 g/mol. The molecule has 0 amide bonds. The Labute approximate surface area is 115 Å². The van der Waals surface area contributed by atoms with Crippen molar-refractivity contribution in [2.75, 3.05) is 0 Å². The van der Waals surface area contributed by atoms with Crippen LogP contribution in [0.2, 0.25) is 0 Å². The molecule has 0 radical (unpaired) electrons. The first-order chi connectivity index (χ1) is 9.33. The summed E-state index contributed by atoms with van der Waals surface area (Å²) in [6.45, 7) is 2.39. The summed E-state index contributed by atoms with van der Waals surface area (Å²) in [5.74, 6) is 1.51. The van der Waals surface area contributed by atoms with Gasteiger partial charge >= 0.3 is 0 Å². The van der Waals surface area contributed by atoms with Gasteiger partial charge in [0.2, 0.25) is 0 Å². The molecule has 100 valence electrons. The Kier molecular flexibility index (Phi) is 3.77. The summed E-state index contributed by atoms with van der Waals surface area (Å²) >= 11 is 0. The van der Waals surface area contributed by atoms with Crippen LogP contribution >= 0.6 is 0 Å². The van der Waals surface area contributed by atoms with Crippen LogP contribution in [-0.4, -0.2) is 11.4 Å². The molecule has 1 aliphatic heterocycles. The molecule has 3 rings (SSSR count). The van der Waals surface area contributed by atoms with E-state index in [0.29, 0.717) is 5.92 Å². The first kappa shape index (κ1) is 12.6. The van der Waals surface area contributed by atoms with Gasteiger partial charge in [-0.2, -0.15) is 10.2 Å². The quantitative estimate of drug-likeness (QED) is 0.707. The minimum atomic E-state index is 0.635. The van der Waals surface area contributed by atoms with Crippen LogP contribution in [-0.2, 0) is 0 Å². The van der Waals surface area contributed by atoms with Gasteiger partial charge in [-0.1, -0.05) is 50.1 Å². The first-order valence-corrected chi connectivity index (χ1v) is 7.51. The fraction of sp³-hybridized carbons (Fsp3) is 0.529. The van der Waals surface area contributed by atoms with Crippen LogP contribution < -0.4 is 0 Å². The van der Waals surface area contributed by atoms with Crippen LogP contribution in [0.5, 0.6) is 0 Å². The second-order valence-corrected chi connectivity index (χ2v) is 5.98. The lowest BCUT2D eigenvalue weighted by Crippen LogP contribution is -2.25. The number of fused-ring (bicyclic) bond motifs is 1. The molecule has 1 fully saturated rings. The molecule has 1 aliphatic carbocycles. The smallest absolute Gasteiger partial charge is 0.0709 e. The molecule has 2 heteroatoms. The fourth-order valence-electron chi connectivity index (χ4n) is 3.19. The van der Waals surface area contributed by atoms with Gasteiger partial charge in [0.1, 0.15) is 0 Å². The van der Waals surface area contributed by atoms with E-state index in [1.807, 2.05) is 0 Å². The van der Waals surface area contributed by atoms with E-state index in [2.05, 4.69) is 47.5 Å². The zero-order valence-electron chi connectivity index (χ0n) is 11.7. The summed E-state index contributed by atoms with van der Waals surface area (Å²) in [4.78, 5) is 0. The van der Waals surface area contributed by atoms with Crippen LogP contribution in [0.15, 0.2) is 40.5 Å². The van der Waals surface area contributed by atoms with Crippen LogP contribution in [0.1, 0.15) is 51.0 Å².